The van der Waals surface area contributed by atoms with Crippen molar-refractivity contribution in [2.75, 3.05) is 7.05 Å². The maximum atomic E-state index is 13.2. The molecular weight excluding hydrogens is 491 g/mol. The molecule has 0 spiro atoms. The molecule has 0 atom stereocenters. The molecule has 2 aromatic rings. The Morgan fingerprint density at radius 3 is 2.25 bits per heavy atom. The Labute approximate surface area is 213 Å². The maximum Gasteiger partial charge on any atom is 0.573 e. The Bertz CT molecular complexity index is 1210. The number of nitrogens with one attached hydrogen (secondary N) is 3. The Morgan fingerprint density at radius 2 is 1.69 bits per heavy atom. The molecule has 3 rings (SSSR count). The van der Waals surface area contributed by atoms with Gasteiger partial charge in [0.25, 0.3) is 5.56 Å². The largest absolute Gasteiger partial charge is 0.573 e. The predicted molar refractivity (Wildman–Crippen MR) is 138 cm³/mol. The second-order valence-electron chi connectivity index (χ2n) is 10.4. The molecule has 0 radical (unpaired) electrons. The van der Waals surface area contributed by atoms with Crippen LogP contribution in [0.2, 0.25) is 0 Å². The summed E-state index contributed by atoms with van der Waals surface area (Å²) in [6.07, 6.45) is -1.90. The second kappa shape index (κ2) is 9.93. The highest BCUT2D eigenvalue weighted by Crippen LogP contribution is 2.35. The predicted octanol–water partition coefficient (Wildman–Crippen LogP) is 5.19. The number of hydrogen-bond acceptors (Lipinski definition) is 6. The number of thioether (sulfide) groups is 1. The zero-order chi connectivity index (χ0) is 27.1. The molecule has 0 saturated carbocycles. The van der Waals surface area contributed by atoms with Crippen LogP contribution in [0.5, 0.6) is 5.75 Å². The van der Waals surface area contributed by atoms with Crippen LogP contribution in [0.1, 0.15) is 46.1 Å². The van der Waals surface area contributed by atoms with E-state index in [1.807, 2.05) is 0 Å². The molecule has 0 unspecified atom stereocenters. The van der Waals surface area contributed by atoms with Crippen molar-refractivity contribution < 1.29 is 17.9 Å². The number of aromatic nitrogens is 1. The van der Waals surface area contributed by atoms with Crippen LogP contribution in [0.15, 0.2) is 41.3 Å². The highest BCUT2D eigenvalue weighted by atomic mass is 32.2. The number of halogens is 3. The van der Waals surface area contributed by atoms with E-state index in [-0.39, 0.29) is 38.5 Å². The number of ether oxygens (including phenoxy) is 1. The number of hydrogen-bond donors (Lipinski definition) is 3. The van der Waals surface area contributed by atoms with Crippen LogP contribution in [-0.2, 0) is 7.05 Å². The van der Waals surface area contributed by atoms with Crippen molar-refractivity contribution in [3.63, 3.8) is 0 Å². The van der Waals surface area contributed by atoms with Crippen molar-refractivity contribution in [1.29, 1.82) is 10.8 Å². The number of pyridine rings is 1. The summed E-state index contributed by atoms with van der Waals surface area (Å²) in [5.74, 6) is -0.558. The van der Waals surface area contributed by atoms with Gasteiger partial charge in [-0.25, -0.2) is 0 Å². The molecule has 36 heavy (non-hydrogen) atoms. The molecule has 11 heteroatoms. The molecule has 1 aliphatic rings. The topological polar surface area (TPSA) is 94.2 Å². The zero-order valence-electron chi connectivity index (χ0n) is 21.2. The van der Waals surface area contributed by atoms with Gasteiger partial charge in [-0.2, -0.15) is 0 Å². The van der Waals surface area contributed by atoms with E-state index in [0.717, 1.165) is 30.7 Å². The molecule has 196 valence electrons. The van der Waals surface area contributed by atoms with Gasteiger partial charge in [0, 0.05) is 49.0 Å². The average Bonchev–Trinajstić information content (AvgIpc) is 2.71. The standard InChI is InChI=1S/C25H32F3N5O2S/c1-23(2)13-17(14-24(3,4)31-23)33(6)22(30)36-21(29)18-8-7-15(11-19(18)35-25(26,27)28)16-9-10-32(5)20(34)12-16/h7-12,17,29-31H,13-14H2,1-6H3. The van der Waals surface area contributed by atoms with Gasteiger partial charge < -0.3 is 19.5 Å². The minimum atomic E-state index is -4.97. The van der Waals surface area contributed by atoms with E-state index in [0.29, 0.717) is 11.1 Å². The molecule has 0 bridgehead atoms. The summed E-state index contributed by atoms with van der Waals surface area (Å²) < 4.78 is 45.2. The number of rotatable bonds is 4. The zero-order valence-corrected chi connectivity index (χ0v) is 22.0. The van der Waals surface area contributed by atoms with Gasteiger partial charge in [-0.15, -0.1) is 13.2 Å². The minimum absolute atomic E-state index is 0.0259. The summed E-state index contributed by atoms with van der Waals surface area (Å²) in [5.41, 5.74) is 0.0784. The fourth-order valence-electron chi connectivity index (χ4n) is 4.76. The van der Waals surface area contributed by atoms with Crippen LogP contribution in [0.4, 0.5) is 13.2 Å². The molecular formula is C25H32F3N5O2S. The van der Waals surface area contributed by atoms with Gasteiger partial charge >= 0.3 is 6.36 Å². The van der Waals surface area contributed by atoms with Crippen LogP contribution in [-0.4, -0.2) is 50.2 Å². The smallest absolute Gasteiger partial charge is 0.405 e. The fourth-order valence-corrected chi connectivity index (χ4v) is 5.52. The third kappa shape index (κ3) is 6.91. The third-order valence-electron chi connectivity index (χ3n) is 6.13. The number of benzene rings is 1. The van der Waals surface area contributed by atoms with Gasteiger partial charge in [0.2, 0.25) is 0 Å². The summed E-state index contributed by atoms with van der Waals surface area (Å²) in [7, 11) is 3.35. The molecule has 2 heterocycles. The Morgan fingerprint density at radius 1 is 1.11 bits per heavy atom. The van der Waals surface area contributed by atoms with Gasteiger partial charge in [-0.1, -0.05) is 6.07 Å². The Kier molecular flexibility index (Phi) is 7.67. The molecule has 1 aliphatic heterocycles. The van der Waals surface area contributed by atoms with Crippen LogP contribution in [0.3, 0.4) is 0 Å². The highest BCUT2D eigenvalue weighted by Gasteiger charge is 2.40. The fraction of sp³-hybridized carbons (Fsp3) is 0.480. The van der Waals surface area contributed by atoms with Gasteiger partial charge in [0.05, 0.1) is 0 Å². The molecule has 1 fully saturated rings. The van der Waals surface area contributed by atoms with Gasteiger partial charge in [-0.3, -0.25) is 15.6 Å². The first-order chi connectivity index (χ1) is 16.5. The van der Waals surface area contributed by atoms with Crippen molar-refractivity contribution in [3.05, 3.63) is 52.4 Å². The van der Waals surface area contributed by atoms with Crippen molar-refractivity contribution in [2.24, 2.45) is 7.05 Å². The first kappa shape index (κ1) is 27.8. The lowest BCUT2D eigenvalue weighted by atomic mass is 9.79. The van der Waals surface area contributed by atoms with Gasteiger partial charge in [-0.05, 0) is 81.6 Å². The number of alkyl halides is 3. The summed E-state index contributed by atoms with van der Waals surface area (Å²) in [5, 5.41) is 20.5. The van der Waals surface area contributed by atoms with E-state index >= 15 is 0 Å². The number of aryl methyl sites for hydroxylation is 1. The quantitative estimate of drug-likeness (QED) is 0.379. The molecule has 0 amide bonds. The van der Waals surface area contributed by atoms with Crippen molar-refractivity contribution in [3.8, 4) is 16.9 Å². The normalized spacial score (nSPS) is 17.5. The first-order valence-electron chi connectivity index (χ1n) is 11.4. The maximum absolute atomic E-state index is 13.2. The highest BCUT2D eigenvalue weighted by molar-refractivity contribution is 8.26. The molecule has 1 aromatic carbocycles. The molecule has 3 N–H and O–H groups in total. The molecule has 7 nitrogen and oxygen atoms in total. The monoisotopic (exact) mass is 523 g/mol. The van der Waals surface area contributed by atoms with Crippen molar-refractivity contribution >= 4 is 22.0 Å². The van der Waals surface area contributed by atoms with Crippen LogP contribution in [0.25, 0.3) is 11.1 Å². The molecule has 1 saturated heterocycles. The van der Waals surface area contributed by atoms with Gasteiger partial charge in [0.15, 0.2) is 5.17 Å². The number of nitrogens with zero attached hydrogens (tertiary/aromatic N) is 2. The van der Waals surface area contributed by atoms with Crippen molar-refractivity contribution in [2.45, 2.75) is 64.0 Å². The lowest BCUT2D eigenvalue weighted by Crippen LogP contribution is -2.62. The van der Waals surface area contributed by atoms with E-state index in [2.05, 4.69) is 37.7 Å². The first-order valence-corrected chi connectivity index (χ1v) is 12.2. The summed E-state index contributed by atoms with van der Waals surface area (Å²) in [6, 6.07) is 7.01. The van der Waals surface area contributed by atoms with E-state index < -0.39 is 12.1 Å². The number of piperidine rings is 1. The van der Waals surface area contributed by atoms with Crippen molar-refractivity contribution in [1.82, 2.24) is 14.8 Å². The Balaban J connectivity index is 1.86. The SMILES string of the molecule is CN(C(=N)SC(=N)c1ccc(-c2ccn(C)c(=O)c2)cc1OC(F)(F)F)C1CC(C)(C)NC(C)(C)C1. The van der Waals surface area contributed by atoms with Crippen LogP contribution < -0.4 is 15.6 Å². The van der Waals surface area contributed by atoms with Crippen LogP contribution in [0, 0.1) is 10.8 Å². The lowest BCUT2D eigenvalue weighted by Gasteiger charge is -2.49. The van der Waals surface area contributed by atoms with E-state index in [1.165, 1.54) is 29.0 Å². The van der Waals surface area contributed by atoms with E-state index in [9.17, 15) is 18.0 Å². The number of amidine groups is 1. The summed E-state index contributed by atoms with van der Waals surface area (Å²) in [6.45, 7) is 8.38. The molecule has 1 aromatic heterocycles. The molecule has 0 aliphatic carbocycles. The van der Waals surface area contributed by atoms with E-state index in [1.54, 1.807) is 25.1 Å². The van der Waals surface area contributed by atoms with Crippen LogP contribution >= 0.6 is 11.8 Å². The third-order valence-corrected chi connectivity index (χ3v) is 7.03. The minimum Gasteiger partial charge on any atom is -0.405 e. The summed E-state index contributed by atoms with van der Waals surface area (Å²) in [4.78, 5) is 13.8. The second-order valence-corrected chi connectivity index (χ2v) is 11.4. The Hall–Kier alpha value is -2.79. The van der Waals surface area contributed by atoms with E-state index in [4.69, 9.17) is 10.8 Å². The average molecular weight is 524 g/mol. The lowest BCUT2D eigenvalue weighted by molar-refractivity contribution is -0.274. The summed E-state index contributed by atoms with van der Waals surface area (Å²) >= 11 is 0.772. The van der Waals surface area contributed by atoms with Gasteiger partial charge in [0.1, 0.15) is 10.8 Å².